The molecule has 3 heteroatoms. The van der Waals surface area contributed by atoms with Crippen LogP contribution in [-0.4, -0.2) is 25.1 Å². The molecule has 0 aliphatic carbocycles. The molecular weight excluding hydrogens is 300 g/mol. The van der Waals surface area contributed by atoms with Gasteiger partial charge in [-0.1, -0.05) is 42.2 Å². The highest BCUT2D eigenvalue weighted by Gasteiger charge is 2.32. The molecule has 1 heterocycles. The summed E-state index contributed by atoms with van der Waals surface area (Å²) in [5.74, 6) is 5.83. The third-order valence-electron chi connectivity index (χ3n) is 3.72. The van der Waals surface area contributed by atoms with Crippen molar-refractivity contribution in [1.82, 2.24) is 0 Å². The Morgan fingerprint density at radius 3 is 2.29 bits per heavy atom. The summed E-state index contributed by atoms with van der Waals surface area (Å²) in [5, 5.41) is 0. The van der Waals surface area contributed by atoms with Gasteiger partial charge >= 0.3 is 0 Å². The highest BCUT2D eigenvalue weighted by Crippen LogP contribution is 2.22. The first-order chi connectivity index (χ1) is 11.6. The van der Waals surface area contributed by atoms with E-state index >= 15 is 0 Å². The van der Waals surface area contributed by atoms with Gasteiger partial charge in [-0.3, -0.25) is 0 Å². The van der Waals surface area contributed by atoms with Crippen LogP contribution in [-0.2, 0) is 20.8 Å². The van der Waals surface area contributed by atoms with E-state index in [1.54, 1.807) is 0 Å². The third kappa shape index (κ3) is 4.94. The summed E-state index contributed by atoms with van der Waals surface area (Å²) in [6.07, 6.45) is 0.0102. The minimum Gasteiger partial charge on any atom is -0.374 e. The fourth-order valence-corrected chi connectivity index (χ4v) is 2.50. The van der Waals surface area contributed by atoms with E-state index in [0.717, 1.165) is 16.7 Å². The lowest BCUT2D eigenvalue weighted by Gasteiger charge is -2.17. The Hall–Kier alpha value is -2.12. The predicted octanol–water partition coefficient (Wildman–Crippen LogP) is 3.75. The Bertz CT molecular complexity index is 708. The zero-order valence-electron chi connectivity index (χ0n) is 14.1. The van der Waals surface area contributed by atoms with Crippen LogP contribution in [0, 0.1) is 11.8 Å². The first kappa shape index (κ1) is 16.7. The number of hydrogen-bond acceptors (Lipinski definition) is 3. The van der Waals surface area contributed by atoms with Gasteiger partial charge < -0.3 is 14.2 Å². The monoisotopic (exact) mass is 322 g/mol. The molecule has 3 nitrogen and oxygen atoms in total. The predicted molar refractivity (Wildman–Crippen MR) is 93.4 cm³/mol. The van der Waals surface area contributed by atoms with Gasteiger partial charge in [0.15, 0.2) is 5.79 Å². The fraction of sp³-hybridized carbons (Fsp3) is 0.333. The van der Waals surface area contributed by atoms with Gasteiger partial charge in [0.25, 0.3) is 0 Å². The molecule has 0 aromatic heterocycles. The molecule has 1 fully saturated rings. The summed E-state index contributed by atoms with van der Waals surface area (Å²) < 4.78 is 17.0. The highest BCUT2D eigenvalue weighted by atomic mass is 16.7. The molecule has 1 aliphatic heterocycles. The maximum Gasteiger partial charge on any atom is 0.163 e. The maximum absolute atomic E-state index is 5.73. The van der Waals surface area contributed by atoms with Gasteiger partial charge in [0.05, 0.1) is 19.8 Å². The third-order valence-corrected chi connectivity index (χ3v) is 3.72. The molecule has 24 heavy (non-hydrogen) atoms. The van der Waals surface area contributed by atoms with Crippen LogP contribution in [0.2, 0.25) is 0 Å². The summed E-state index contributed by atoms with van der Waals surface area (Å²) in [6, 6.07) is 18.1. The molecule has 0 unspecified atom stereocenters. The van der Waals surface area contributed by atoms with Gasteiger partial charge in [-0.25, -0.2) is 0 Å². The summed E-state index contributed by atoms with van der Waals surface area (Å²) >= 11 is 0. The molecule has 2 aromatic rings. The van der Waals surface area contributed by atoms with Crippen molar-refractivity contribution in [2.45, 2.75) is 32.3 Å². The molecule has 1 aliphatic rings. The first-order valence-corrected chi connectivity index (χ1v) is 8.16. The van der Waals surface area contributed by atoms with Gasteiger partial charge in [-0.2, -0.15) is 0 Å². The molecule has 0 N–H and O–H groups in total. The van der Waals surface area contributed by atoms with E-state index in [2.05, 4.69) is 11.8 Å². The highest BCUT2D eigenvalue weighted by molar-refractivity contribution is 5.43. The van der Waals surface area contributed by atoms with Crippen molar-refractivity contribution in [3.63, 3.8) is 0 Å². The topological polar surface area (TPSA) is 27.7 Å². The normalized spacial score (nSPS) is 18.8. The van der Waals surface area contributed by atoms with Crippen LogP contribution in [0.25, 0.3) is 0 Å². The zero-order chi connectivity index (χ0) is 16.8. The van der Waals surface area contributed by atoms with Crippen molar-refractivity contribution >= 4 is 0 Å². The molecule has 0 amide bonds. The molecule has 124 valence electrons. The maximum atomic E-state index is 5.73. The number of ether oxygens (including phenoxy) is 3. The largest absolute Gasteiger partial charge is 0.374 e. The van der Waals surface area contributed by atoms with Crippen molar-refractivity contribution in [3.8, 4) is 11.8 Å². The second kappa shape index (κ2) is 7.63. The number of rotatable bonds is 4. The number of hydrogen-bond donors (Lipinski definition) is 0. The van der Waals surface area contributed by atoms with E-state index < -0.39 is 5.79 Å². The smallest absolute Gasteiger partial charge is 0.163 e. The Kier molecular flexibility index (Phi) is 5.32. The van der Waals surface area contributed by atoms with Crippen molar-refractivity contribution in [1.29, 1.82) is 0 Å². The lowest BCUT2D eigenvalue weighted by atomic mass is 10.1. The van der Waals surface area contributed by atoms with E-state index in [4.69, 9.17) is 14.2 Å². The molecular formula is C21H22O3. The van der Waals surface area contributed by atoms with Gasteiger partial charge in [0.2, 0.25) is 0 Å². The lowest BCUT2D eigenvalue weighted by Crippen LogP contribution is -2.24. The Morgan fingerprint density at radius 2 is 1.67 bits per heavy atom. The van der Waals surface area contributed by atoms with Gasteiger partial charge in [-0.15, -0.1) is 0 Å². The molecule has 2 aromatic carbocycles. The van der Waals surface area contributed by atoms with E-state index in [9.17, 15) is 0 Å². The van der Waals surface area contributed by atoms with Crippen molar-refractivity contribution in [3.05, 3.63) is 71.3 Å². The number of benzene rings is 2. The van der Waals surface area contributed by atoms with Crippen LogP contribution in [0.15, 0.2) is 54.6 Å². The average Bonchev–Trinajstić information content (AvgIpc) is 2.94. The van der Waals surface area contributed by atoms with Gasteiger partial charge in [0, 0.05) is 11.1 Å². The standard InChI is InChI=1S/C21H22O3/c1-21(2)23-16-20(24-21)15-22-14-19-12-10-18(11-13-19)9-8-17-6-4-3-5-7-17/h3-7,10-13,20H,14-16H2,1-2H3/t20-/m0/s1. The first-order valence-electron chi connectivity index (χ1n) is 8.16. The van der Waals surface area contributed by atoms with Crippen molar-refractivity contribution in [2.75, 3.05) is 13.2 Å². The average molecular weight is 322 g/mol. The van der Waals surface area contributed by atoms with Crippen LogP contribution in [0.3, 0.4) is 0 Å². The molecule has 0 radical (unpaired) electrons. The second-order valence-electron chi connectivity index (χ2n) is 6.28. The Morgan fingerprint density at radius 1 is 1.00 bits per heavy atom. The van der Waals surface area contributed by atoms with E-state index in [-0.39, 0.29) is 6.10 Å². The molecule has 1 saturated heterocycles. The summed E-state index contributed by atoms with van der Waals surface area (Å²) in [6.45, 7) is 5.52. The SMILES string of the molecule is CC1(C)OC[C@H](COCc2ccc(C#Cc3ccccc3)cc2)O1. The quantitative estimate of drug-likeness (QED) is 0.802. The summed E-state index contributed by atoms with van der Waals surface area (Å²) in [4.78, 5) is 0. The van der Waals surface area contributed by atoms with Crippen molar-refractivity contribution < 1.29 is 14.2 Å². The van der Waals surface area contributed by atoms with Crippen LogP contribution < -0.4 is 0 Å². The zero-order valence-corrected chi connectivity index (χ0v) is 14.1. The van der Waals surface area contributed by atoms with Crippen LogP contribution in [0.4, 0.5) is 0 Å². The molecule has 0 spiro atoms. The van der Waals surface area contributed by atoms with Gasteiger partial charge in [-0.05, 0) is 43.7 Å². The van der Waals surface area contributed by atoms with Gasteiger partial charge in [0.1, 0.15) is 6.10 Å². The molecule has 1 atom stereocenters. The Labute approximate surface area is 143 Å². The fourth-order valence-electron chi connectivity index (χ4n) is 2.50. The second-order valence-corrected chi connectivity index (χ2v) is 6.28. The lowest BCUT2D eigenvalue weighted by molar-refractivity contribution is -0.145. The summed E-state index contributed by atoms with van der Waals surface area (Å²) in [5.41, 5.74) is 3.14. The van der Waals surface area contributed by atoms with E-state index in [1.165, 1.54) is 0 Å². The van der Waals surface area contributed by atoms with Crippen LogP contribution in [0.1, 0.15) is 30.5 Å². The van der Waals surface area contributed by atoms with Crippen molar-refractivity contribution in [2.24, 2.45) is 0 Å². The molecule has 3 rings (SSSR count). The molecule has 0 bridgehead atoms. The van der Waals surface area contributed by atoms with E-state index in [0.29, 0.717) is 19.8 Å². The van der Waals surface area contributed by atoms with Crippen LogP contribution >= 0.6 is 0 Å². The minimum absolute atomic E-state index is 0.0102. The van der Waals surface area contributed by atoms with Crippen LogP contribution in [0.5, 0.6) is 0 Å². The Balaban J connectivity index is 1.48. The molecule has 0 saturated carbocycles. The minimum atomic E-state index is -0.493. The summed E-state index contributed by atoms with van der Waals surface area (Å²) in [7, 11) is 0. The van der Waals surface area contributed by atoms with E-state index in [1.807, 2.05) is 68.4 Å².